The summed E-state index contributed by atoms with van der Waals surface area (Å²) in [7, 11) is -2.37. The Morgan fingerprint density at radius 1 is 1.06 bits per heavy atom. The number of nitro groups is 1. The van der Waals surface area contributed by atoms with Gasteiger partial charge in [-0.2, -0.15) is 0 Å². The number of amides is 1. The number of carbonyl (C=O) groups is 1. The van der Waals surface area contributed by atoms with Crippen LogP contribution < -0.4 is 9.46 Å². The number of non-ortho nitro benzene ring substituents is 1. The average molecular weight is 470 g/mol. The molecule has 0 saturated carbocycles. The van der Waals surface area contributed by atoms with Crippen LogP contribution >= 0.6 is 0 Å². The van der Waals surface area contributed by atoms with Crippen LogP contribution in [0.25, 0.3) is 0 Å². The number of anilines is 1. The van der Waals surface area contributed by atoms with Crippen LogP contribution in [0.5, 0.6) is 5.75 Å². The second-order valence-corrected chi connectivity index (χ2v) is 9.01. The van der Waals surface area contributed by atoms with Crippen LogP contribution in [-0.2, 0) is 10.0 Å². The molecule has 0 aliphatic heterocycles. The number of ether oxygens (including phenoxy) is 1. The highest BCUT2D eigenvalue weighted by atomic mass is 32.2. The Morgan fingerprint density at radius 3 is 2.36 bits per heavy atom. The minimum absolute atomic E-state index is 0.225. The number of hydrogen-bond acceptors (Lipinski definition) is 6. The number of nitrogens with zero attached hydrogens (tertiary/aromatic N) is 2. The van der Waals surface area contributed by atoms with E-state index >= 15 is 0 Å². The largest absolute Gasteiger partial charge is 0.492 e. The van der Waals surface area contributed by atoms with Gasteiger partial charge in [-0.05, 0) is 49.4 Å². The van der Waals surface area contributed by atoms with Crippen LogP contribution in [0.15, 0.2) is 77.7 Å². The third-order valence-corrected chi connectivity index (χ3v) is 6.16. The van der Waals surface area contributed by atoms with E-state index in [1.165, 1.54) is 47.4 Å². The third-order valence-electron chi connectivity index (χ3n) is 4.79. The monoisotopic (exact) mass is 469 g/mol. The van der Waals surface area contributed by atoms with E-state index in [-0.39, 0.29) is 22.2 Å². The molecule has 0 spiro atoms. The second kappa shape index (κ2) is 10.1. The second-order valence-electron chi connectivity index (χ2n) is 7.33. The van der Waals surface area contributed by atoms with E-state index < -0.39 is 14.9 Å². The van der Waals surface area contributed by atoms with Crippen LogP contribution in [0.1, 0.15) is 15.9 Å². The zero-order valence-electron chi connectivity index (χ0n) is 18.1. The van der Waals surface area contributed by atoms with Gasteiger partial charge in [0.1, 0.15) is 12.4 Å². The van der Waals surface area contributed by atoms with Gasteiger partial charge in [0.15, 0.2) is 0 Å². The maximum Gasteiger partial charge on any atom is 0.270 e. The predicted molar refractivity (Wildman–Crippen MR) is 124 cm³/mol. The normalized spacial score (nSPS) is 11.0. The molecular weight excluding hydrogens is 446 g/mol. The Kier molecular flexibility index (Phi) is 7.29. The Balaban J connectivity index is 1.59. The van der Waals surface area contributed by atoms with Gasteiger partial charge < -0.3 is 9.64 Å². The molecule has 0 unspecified atom stereocenters. The van der Waals surface area contributed by atoms with Gasteiger partial charge in [-0.25, -0.2) is 8.42 Å². The lowest BCUT2D eigenvalue weighted by atomic mass is 10.2. The summed E-state index contributed by atoms with van der Waals surface area (Å²) in [5.74, 6) is 0.484. The van der Waals surface area contributed by atoms with Crippen molar-refractivity contribution in [1.29, 1.82) is 0 Å². The Morgan fingerprint density at radius 2 is 1.73 bits per heavy atom. The number of likely N-dealkylation sites (N-methyl/N-ethyl adjacent to an activating group) is 1. The minimum Gasteiger partial charge on any atom is -0.492 e. The van der Waals surface area contributed by atoms with Gasteiger partial charge in [0, 0.05) is 30.4 Å². The summed E-state index contributed by atoms with van der Waals surface area (Å²) in [5, 5.41) is 10.9. The highest BCUT2D eigenvalue weighted by Crippen LogP contribution is 2.21. The van der Waals surface area contributed by atoms with Crippen LogP contribution in [0, 0.1) is 17.0 Å². The highest BCUT2D eigenvalue weighted by Gasteiger charge is 2.18. The molecule has 0 saturated heterocycles. The number of sulfonamides is 1. The fourth-order valence-electron chi connectivity index (χ4n) is 2.92. The Labute approximate surface area is 191 Å². The molecule has 33 heavy (non-hydrogen) atoms. The molecule has 9 nitrogen and oxygen atoms in total. The minimum atomic E-state index is -4.03. The van der Waals surface area contributed by atoms with Gasteiger partial charge in [0.2, 0.25) is 0 Å². The Bertz CT molecular complexity index is 1240. The van der Waals surface area contributed by atoms with Gasteiger partial charge in [0.05, 0.1) is 16.4 Å². The van der Waals surface area contributed by atoms with Crippen molar-refractivity contribution in [3.63, 3.8) is 0 Å². The smallest absolute Gasteiger partial charge is 0.270 e. The van der Waals surface area contributed by atoms with Crippen LogP contribution in [0.4, 0.5) is 11.4 Å². The molecule has 0 radical (unpaired) electrons. The molecule has 0 fully saturated rings. The van der Waals surface area contributed by atoms with Crippen molar-refractivity contribution >= 4 is 27.3 Å². The molecule has 3 aromatic rings. The molecule has 0 aliphatic rings. The van der Waals surface area contributed by atoms with E-state index in [9.17, 15) is 23.3 Å². The molecule has 3 aromatic carbocycles. The number of nitro benzene ring substituents is 1. The van der Waals surface area contributed by atoms with Crippen molar-refractivity contribution in [2.75, 3.05) is 24.9 Å². The first kappa shape index (κ1) is 23.7. The zero-order chi connectivity index (χ0) is 24.0. The number of rotatable bonds is 9. The van der Waals surface area contributed by atoms with Crippen molar-refractivity contribution in [3.05, 3.63) is 94.0 Å². The number of hydrogen-bond donors (Lipinski definition) is 1. The molecule has 0 atom stereocenters. The predicted octanol–water partition coefficient (Wildman–Crippen LogP) is 3.86. The third kappa shape index (κ3) is 6.30. The van der Waals surface area contributed by atoms with E-state index in [0.29, 0.717) is 18.7 Å². The first-order chi connectivity index (χ1) is 15.7. The van der Waals surface area contributed by atoms with Gasteiger partial charge >= 0.3 is 0 Å². The highest BCUT2D eigenvalue weighted by molar-refractivity contribution is 7.92. The molecule has 0 heterocycles. The fourth-order valence-corrected chi connectivity index (χ4v) is 4.01. The van der Waals surface area contributed by atoms with Gasteiger partial charge in [-0.1, -0.05) is 23.8 Å². The summed E-state index contributed by atoms with van der Waals surface area (Å²) >= 11 is 0. The summed E-state index contributed by atoms with van der Waals surface area (Å²) in [6.07, 6.45) is 0. The molecular formula is C23H23N3O6S. The van der Waals surface area contributed by atoms with Crippen molar-refractivity contribution in [3.8, 4) is 5.75 Å². The molecule has 172 valence electrons. The lowest BCUT2D eigenvalue weighted by Crippen LogP contribution is -2.30. The first-order valence-corrected chi connectivity index (χ1v) is 11.5. The van der Waals surface area contributed by atoms with Crippen molar-refractivity contribution in [2.45, 2.75) is 11.8 Å². The number of benzene rings is 3. The zero-order valence-corrected chi connectivity index (χ0v) is 18.9. The summed E-state index contributed by atoms with van der Waals surface area (Å²) < 4.78 is 33.1. The number of aryl methyl sites for hydroxylation is 1. The maximum atomic E-state index is 12.6. The summed E-state index contributed by atoms with van der Waals surface area (Å²) in [4.78, 5) is 24.1. The van der Waals surface area contributed by atoms with Crippen molar-refractivity contribution in [2.24, 2.45) is 0 Å². The summed E-state index contributed by atoms with van der Waals surface area (Å²) in [6, 6.07) is 18.3. The van der Waals surface area contributed by atoms with E-state index in [1.807, 2.05) is 31.2 Å². The fraction of sp³-hybridized carbons (Fsp3) is 0.174. The summed E-state index contributed by atoms with van der Waals surface area (Å²) in [6.45, 7) is 2.68. The van der Waals surface area contributed by atoms with Crippen LogP contribution in [0.3, 0.4) is 0 Å². The molecule has 0 aromatic heterocycles. The first-order valence-electron chi connectivity index (χ1n) is 9.98. The maximum absolute atomic E-state index is 12.6. The van der Waals surface area contributed by atoms with Gasteiger partial charge in [-0.3, -0.25) is 19.6 Å². The van der Waals surface area contributed by atoms with E-state index in [1.54, 1.807) is 7.05 Å². The average Bonchev–Trinajstić information content (AvgIpc) is 2.80. The lowest BCUT2D eigenvalue weighted by Gasteiger charge is -2.18. The van der Waals surface area contributed by atoms with E-state index in [0.717, 1.165) is 17.4 Å². The van der Waals surface area contributed by atoms with Crippen molar-refractivity contribution in [1.82, 2.24) is 4.90 Å². The molecule has 10 heteroatoms. The molecule has 1 amide bonds. The SMILES string of the molecule is Cc1ccc(OCCN(C)C(=O)c2ccc(NS(=O)(=O)c3cccc([N+](=O)[O-])c3)cc2)cc1. The van der Waals surface area contributed by atoms with Crippen LogP contribution in [-0.4, -0.2) is 44.3 Å². The number of carbonyl (C=O) groups excluding carboxylic acids is 1. The van der Waals surface area contributed by atoms with Gasteiger partial charge in [0.25, 0.3) is 21.6 Å². The molecule has 1 N–H and O–H groups in total. The van der Waals surface area contributed by atoms with E-state index in [4.69, 9.17) is 4.74 Å². The van der Waals surface area contributed by atoms with Crippen molar-refractivity contribution < 1.29 is 22.9 Å². The quantitative estimate of drug-likeness (QED) is 0.376. The lowest BCUT2D eigenvalue weighted by molar-refractivity contribution is -0.385. The Hall–Kier alpha value is -3.92. The summed E-state index contributed by atoms with van der Waals surface area (Å²) in [5.41, 5.74) is 1.41. The molecule has 3 rings (SSSR count). The molecule has 0 aliphatic carbocycles. The van der Waals surface area contributed by atoms with Crippen LogP contribution in [0.2, 0.25) is 0 Å². The molecule has 0 bridgehead atoms. The number of nitrogens with one attached hydrogen (secondary N) is 1. The standard InChI is InChI=1S/C23H23N3O6S/c1-17-6-12-21(13-7-17)32-15-14-25(2)23(27)18-8-10-19(11-9-18)24-33(30,31)22-5-3-4-20(16-22)26(28)29/h3-13,16,24H,14-15H2,1-2H3. The van der Waals surface area contributed by atoms with E-state index in [2.05, 4.69) is 4.72 Å². The topological polar surface area (TPSA) is 119 Å². The van der Waals surface area contributed by atoms with Gasteiger partial charge in [-0.15, -0.1) is 0 Å².